The Morgan fingerprint density at radius 2 is 1.65 bits per heavy atom. The number of aryl methyl sites for hydroxylation is 2. The highest BCUT2D eigenvalue weighted by Gasteiger charge is 2.20. The van der Waals surface area contributed by atoms with Crippen LogP contribution in [0.15, 0.2) is 47.4 Å². The molecule has 6 heteroatoms. The van der Waals surface area contributed by atoms with Crippen LogP contribution in [0.25, 0.3) is 0 Å². The lowest BCUT2D eigenvalue weighted by molar-refractivity contribution is 0.0911. The molecule has 140 valence electrons. The van der Waals surface area contributed by atoms with Crippen LogP contribution in [-0.4, -0.2) is 19.9 Å². The van der Waals surface area contributed by atoms with Gasteiger partial charge in [-0.05, 0) is 70.0 Å². The summed E-state index contributed by atoms with van der Waals surface area (Å²) >= 11 is 0. The maximum atomic E-state index is 12.5. The summed E-state index contributed by atoms with van der Waals surface area (Å²) in [6.07, 6.45) is 0.812. The standard InChI is InChI=1S/C20H26N2O3S/c1-6-20(4,5)21-19(23)16-9-12-18(15(3)13-16)22-26(24,25)17-10-7-14(2)8-11-17/h7-13,22H,6H2,1-5H3,(H,21,23). The third-order valence-corrected chi connectivity index (χ3v) is 5.78. The van der Waals surface area contributed by atoms with E-state index in [4.69, 9.17) is 0 Å². The van der Waals surface area contributed by atoms with Gasteiger partial charge in [-0.3, -0.25) is 9.52 Å². The number of benzene rings is 2. The largest absolute Gasteiger partial charge is 0.347 e. The molecule has 0 aliphatic rings. The number of carbonyl (C=O) groups excluding carboxylic acids is 1. The van der Waals surface area contributed by atoms with Gasteiger partial charge >= 0.3 is 0 Å². The third-order valence-electron chi connectivity index (χ3n) is 4.40. The Bertz CT molecular complexity index is 901. The molecule has 2 aromatic carbocycles. The van der Waals surface area contributed by atoms with Gasteiger partial charge in [0.1, 0.15) is 0 Å². The Morgan fingerprint density at radius 1 is 1.04 bits per heavy atom. The van der Waals surface area contributed by atoms with Crippen molar-refractivity contribution in [1.82, 2.24) is 5.32 Å². The van der Waals surface area contributed by atoms with Crippen molar-refractivity contribution < 1.29 is 13.2 Å². The van der Waals surface area contributed by atoms with Crippen LogP contribution < -0.4 is 10.0 Å². The Balaban J connectivity index is 2.22. The van der Waals surface area contributed by atoms with Crippen LogP contribution in [0.2, 0.25) is 0 Å². The van der Waals surface area contributed by atoms with Crippen molar-refractivity contribution in [3.63, 3.8) is 0 Å². The van der Waals surface area contributed by atoms with Crippen LogP contribution in [0.1, 0.15) is 48.7 Å². The van der Waals surface area contributed by atoms with E-state index in [0.717, 1.165) is 12.0 Å². The summed E-state index contributed by atoms with van der Waals surface area (Å²) in [4.78, 5) is 12.6. The van der Waals surface area contributed by atoms with E-state index in [0.29, 0.717) is 16.8 Å². The Morgan fingerprint density at radius 3 is 2.19 bits per heavy atom. The van der Waals surface area contributed by atoms with E-state index in [-0.39, 0.29) is 16.3 Å². The van der Waals surface area contributed by atoms with Crippen LogP contribution in [0, 0.1) is 13.8 Å². The number of carbonyl (C=O) groups is 1. The summed E-state index contributed by atoms with van der Waals surface area (Å²) < 4.78 is 27.6. The average molecular weight is 375 g/mol. The summed E-state index contributed by atoms with van der Waals surface area (Å²) in [6, 6.07) is 11.6. The normalized spacial score (nSPS) is 11.9. The monoisotopic (exact) mass is 374 g/mol. The van der Waals surface area contributed by atoms with E-state index in [1.807, 2.05) is 27.7 Å². The van der Waals surface area contributed by atoms with Gasteiger partial charge in [-0.25, -0.2) is 8.42 Å². The molecule has 0 radical (unpaired) electrons. The van der Waals surface area contributed by atoms with Gasteiger partial charge in [-0.2, -0.15) is 0 Å². The molecule has 0 aromatic heterocycles. The zero-order valence-corrected chi connectivity index (χ0v) is 16.7. The highest BCUT2D eigenvalue weighted by molar-refractivity contribution is 7.92. The number of hydrogen-bond acceptors (Lipinski definition) is 3. The highest BCUT2D eigenvalue weighted by Crippen LogP contribution is 2.22. The minimum Gasteiger partial charge on any atom is -0.347 e. The molecule has 0 fully saturated rings. The summed E-state index contributed by atoms with van der Waals surface area (Å²) in [6.45, 7) is 9.60. The molecule has 0 aliphatic carbocycles. The number of rotatable bonds is 6. The van der Waals surface area contributed by atoms with E-state index < -0.39 is 10.0 Å². The highest BCUT2D eigenvalue weighted by atomic mass is 32.2. The Kier molecular flexibility index (Phi) is 5.76. The van der Waals surface area contributed by atoms with Crippen LogP contribution in [-0.2, 0) is 10.0 Å². The maximum Gasteiger partial charge on any atom is 0.261 e. The topological polar surface area (TPSA) is 75.3 Å². The van der Waals surface area contributed by atoms with Crippen molar-refractivity contribution in [2.24, 2.45) is 0 Å². The molecule has 0 aliphatic heterocycles. The molecule has 0 atom stereocenters. The van der Waals surface area contributed by atoms with Gasteiger partial charge in [-0.1, -0.05) is 24.6 Å². The molecule has 2 aromatic rings. The van der Waals surface area contributed by atoms with E-state index in [9.17, 15) is 13.2 Å². The molecule has 1 amide bonds. The SMILES string of the molecule is CCC(C)(C)NC(=O)c1ccc(NS(=O)(=O)c2ccc(C)cc2)c(C)c1. The fourth-order valence-corrected chi connectivity index (χ4v) is 3.44. The van der Waals surface area contributed by atoms with Gasteiger partial charge in [0.15, 0.2) is 0 Å². The minimum atomic E-state index is -3.67. The second-order valence-electron chi connectivity index (χ2n) is 7.14. The second kappa shape index (κ2) is 7.50. The smallest absolute Gasteiger partial charge is 0.261 e. The summed E-state index contributed by atoms with van der Waals surface area (Å²) in [5, 5.41) is 2.97. The van der Waals surface area contributed by atoms with E-state index >= 15 is 0 Å². The first kappa shape index (κ1) is 20.0. The van der Waals surface area contributed by atoms with Gasteiger partial charge in [0.2, 0.25) is 0 Å². The van der Waals surface area contributed by atoms with Crippen molar-refractivity contribution in [2.45, 2.75) is 51.5 Å². The zero-order chi connectivity index (χ0) is 19.5. The molecule has 0 bridgehead atoms. The summed E-state index contributed by atoms with van der Waals surface area (Å²) in [5.74, 6) is -0.173. The molecule has 0 unspecified atom stereocenters. The van der Waals surface area contributed by atoms with E-state index in [2.05, 4.69) is 10.0 Å². The van der Waals surface area contributed by atoms with E-state index in [1.165, 1.54) is 0 Å². The molecule has 2 rings (SSSR count). The second-order valence-corrected chi connectivity index (χ2v) is 8.82. The molecular formula is C20H26N2O3S. The molecule has 0 saturated carbocycles. The summed E-state index contributed by atoms with van der Waals surface area (Å²) in [7, 11) is -3.67. The molecule has 0 heterocycles. The van der Waals surface area contributed by atoms with E-state index in [1.54, 1.807) is 49.4 Å². The lowest BCUT2D eigenvalue weighted by Gasteiger charge is -2.24. The number of sulfonamides is 1. The van der Waals surface area contributed by atoms with Gasteiger partial charge in [0.05, 0.1) is 10.6 Å². The number of nitrogens with one attached hydrogen (secondary N) is 2. The summed E-state index contributed by atoms with van der Waals surface area (Å²) in [5.41, 5.74) is 2.34. The lowest BCUT2D eigenvalue weighted by Crippen LogP contribution is -2.42. The van der Waals surface area contributed by atoms with Gasteiger partial charge in [0, 0.05) is 11.1 Å². The zero-order valence-electron chi connectivity index (χ0n) is 15.9. The van der Waals surface area contributed by atoms with Gasteiger partial charge < -0.3 is 5.32 Å². The van der Waals surface area contributed by atoms with Gasteiger partial charge in [0.25, 0.3) is 15.9 Å². The van der Waals surface area contributed by atoms with Gasteiger partial charge in [-0.15, -0.1) is 0 Å². The van der Waals surface area contributed by atoms with Crippen LogP contribution in [0.5, 0.6) is 0 Å². The quantitative estimate of drug-likeness (QED) is 0.802. The lowest BCUT2D eigenvalue weighted by atomic mass is 10.0. The van der Waals surface area contributed by atoms with Crippen LogP contribution in [0.3, 0.4) is 0 Å². The minimum absolute atomic E-state index is 0.173. The Labute approximate surface area is 155 Å². The molecule has 2 N–H and O–H groups in total. The van der Waals surface area contributed by atoms with Crippen LogP contribution in [0.4, 0.5) is 5.69 Å². The maximum absolute atomic E-state index is 12.5. The molecular weight excluding hydrogens is 348 g/mol. The number of anilines is 1. The average Bonchev–Trinajstić information content (AvgIpc) is 2.56. The van der Waals surface area contributed by atoms with Crippen molar-refractivity contribution in [1.29, 1.82) is 0 Å². The van der Waals surface area contributed by atoms with Crippen molar-refractivity contribution in [3.8, 4) is 0 Å². The Hall–Kier alpha value is -2.34. The number of hydrogen-bond donors (Lipinski definition) is 2. The van der Waals surface area contributed by atoms with Crippen molar-refractivity contribution >= 4 is 21.6 Å². The molecule has 0 saturated heterocycles. The molecule has 26 heavy (non-hydrogen) atoms. The predicted molar refractivity (Wildman–Crippen MR) is 105 cm³/mol. The third kappa shape index (κ3) is 4.85. The first-order valence-corrected chi connectivity index (χ1v) is 10.0. The molecule has 0 spiro atoms. The van der Waals surface area contributed by atoms with Crippen LogP contribution >= 0.6 is 0 Å². The first-order chi connectivity index (χ1) is 12.0. The number of amides is 1. The fraction of sp³-hybridized carbons (Fsp3) is 0.350. The van der Waals surface area contributed by atoms with Crippen molar-refractivity contribution in [3.05, 3.63) is 59.2 Å². The first-order valence-electron chi connectivity index (χ1n) is 8.57. The fourth-order valence-electron chi connectivity index (χ4n) is 2.31. The molecule has 5 nitrogen and oxygen atoms in total. The van der Waals surface area contributed by atoms with Crippen molar-refractivity contribution in [2.75, 3.05) is 4.72 Å². The predicted octanol–water partition coefficient (Wildman–Crippen LogP) is 4.02.